The maximum absolute atomic E-state index is 11.1. The first-order chi connectivity index (χ1) is 9.65. The van der Waals surface area contributed by atoms with E-state index >= 15 is 0 Å². The highest BCUT2D eigenvalue weighted by atomic mass is 16.1. The third-order valence-corrected chi connectivity index (χ3v) is 5.14. The van der Waals surface area contributed by atoms with Crippen LogP contribution in [0.5, 0.6) is 0 Å². The van der Waals surface area contributed by atoms with Crippen LogP contribution in [-0.4, -0.2) is 29.4 Å². The summed E-state index contributed by atoms with van der Waals surface area (Å²) in [5, 5.41) is 0. The zero-order valence-corrected chi connectivity index (χ0v) is 12.2. The van der Waals surface area contributed by atoms with Gasteiger partial charge in [0.1, 0.15) is 0 Å². The Hall–Kier alpha value is -1.35. The molecule has 108 valence electrons. The largest absolute Gasteiger partial charge is 0.366 e. The van der Waals surface area contributed by atoms with Gasteiger partial charge in [-0.25, -0.2) is 0 Å². The standard InChI is InChI=1S/C17H24N2O/c1-12-3-2-10-19(12)16-9-8-15(11-16)13-4-6-14(7-5-13)17(18)20/h4-7,12,15-16H,2-3,8-11H2,1H3,(H2,18,20)/t12-,15-,16-/m0/s1. The van der Waals surface area contributed by atoms with Crippen LogP contribution in [0.25, 0.3) is 0 Å². The summed E-state index contributed by atoms with van der Waals surface area (Å²) in [6.07, 6.45) is 6.56. The van der Waals surface area contributed by atoms with E-state index in [1.54, 1.807) is 0 Å². The van der Waals surface area contributed by atoms with Crippen LogP contribution in [0.15, 0.2) is 24.3 Å². The van der Waals surface area contributed by atoms with Gasteiger partial charge in [-0.1, -0.05) is 12.1 Å². The molecule has 1 aliphatic carbocycles. The van der Waals surface area contributed by atoms with Crippen molar-refractivity contribution < 1.29 is 4.79 Å². The molecule has 1 heterocycles. The van der Waals surface area contributed by atoms with Crippen LogP contribution in [-0.2, 0) is 0 Å². The van der Waals surface area contributed by atoms with Gasteiger partial charge in [0.25, 0.3) is 0 Å². The number of hydrogen-bond acceptors (Lipinski definition) is 2. The lowest BCUT2D eigenvalue weighted by Crippen LogP contribution is -2.35. The fraction of sp³-hybridized carbons (Fsp3) is 0.588. The number of hydrogen-bond donors (Lipinski definition) is 1. The van der Waals surface area contributed by atoms with E-state index in [0.29, 0.717) is 11.5 Å². The molecule has 3 rings (SSSR count). The monoisotopic (exact) mass is 272 g/mol. The normalized spacial score (nSPS) is 30.8. The highest BCUT2D eigenvalue weighted by molar-refractivity contribution is 5.92. The summed E-state index contributed by atoms with van der Waals surface area (Å²) >= 11 is 0. The maximum Gasteiger partial charge on any atom is 0.248 e. The first-order valence-corrected chi connectivity index (χ1v) is 7.80. The van der Waals surface area contributed by atoms with Gasteiger partial charge in [0.05, 0.1) is 0 Å². The minimum Gasteiger partial charge on any atom is -0.366 e. The lowest BCUT2D eigenvalue weighted by atomic mass is 9.96. The number of amides is 1. The van der Waals surface area contributed by atoms with E-state index in [-0.39, 0.29) is 5.91 Å². The number of benzene rings is 1. The van der Waals surface area contributed by atoms with Crippen LogP contribution in [0.3, 0.4) is 0 Å². The molecule has 3 nitrogen and oxygen atoms in total. The summed E-state index contributed by atoms with van der Waals surface area (Å²) in [5.74, 6) is 0.307. The molecule has 1 aromatic rings. The second-order valence-corrected chi connectivity index (χ2v) is 6.38. The summed E-state index contributed by atoms with van der Waals surface area (Å²) < 4.78 is 0. The molecule has 1 aliphatic heterocycles. The number of nitrogens with two attached hydrogens (primary N) is 1. The highest BCUT2D eigenvalue weighted by Crippen LogP contribution is 2.39. The molecular formula is C17H24N2O. The Balaban J connectivity index is 1.66. The van der Waals surface area contributed by atoms with Crippen molar-refractivity contribution in [1.82, 2.24) is 4.90 Å². The summed E-state index contributed by atoms with van der Waals surface area (Å²) in [4.78, 5) is 13.8. The van der Waals surface area contributed by atoms with Crippen molar-refractivity contribution >= 4 is 5.91 Å². The van der Waals surface area contributed by atoms with Gasteiger partial charge in [-0.2, -0.15) is 0 Å². The fourth-order valence-electron chi connectivity index (χ4n) is 3.98. The van der Waals surface area contributed by atoms with Crippen molar-refractivity contribution in [3.63, 3.8) is 0 Å². The van der Waals surface area contributed by atoms with Crippen LogP contribution in [0.1, 0.15) is 60.9 Å². The number of primary amides is 1. The molecule has 1 aromatic carbocycles. The third kappa shape index (κ3) is 2.59. The molecule has 0 aromatic heterocycles. The van der Waals surface area contributed by atoms with Crippen LogP contribution in [0.4, 0.5) is 0 Å². The second-order valence-electron chi connectivity index (χ2n) is 6.38. The minimum atomic E-state index is -0.341. The lowest BCUT2D eigenvalue weighted by Gasteiger charge is -2.28. The first kappa shape index (κ1) is 13.6. The second kappa shape index (κ2) is 5.57. The Morgan fingerprint density at radius 1 is 1.20 bits per heavy atom. The Labute approximate surface area is 121 Å². The van der Waals surface area contributed by atoms with Crippen molar-refractivity contribution in [3.05, 3.63) is 35.4 Å². The molecule has 1 amide bonds. The van der Waals surface area contributed by atoms with Gasteiger partial charge >= 0.3 is 0 Å². The van der Waals surface area contributed by atoms with Gasteiger partial charge in [0.15, 0.2) is 0 Å². The quantitative estimate of drug-likeness (QED) is 0.919. The van der Waals surface area contributed by atoms with Crippen molar-refractivity contribution in [3.8, 4) is 0 Å². The number of nitrogens with zero attached hydrogens (tertiary/aromatic N) is 1. The van der Waals surface area contributed by atoms with Crippen molar-refractivity contribution in [2.24, 2.45) is 5.73 Å². The summed E-state index contributed by atoms with van der Waals surface area (Å²) in [6, 6.07) is 9.41. The molecule has 0 unspecified atom stereocenters. The first-order valence-electron chi connectivity index (χ1n) is 7.80. The van der Waals surface area contributed by atoms with Crippen LogP contribution in [0.2, 0.25) is 0 Å². The number of carbonyl (C=O) groups excluding carboxylic acids is 1. The number of carbonyl (C=O) groups is 1. The molecule has 0 radical (unpaired) electrons. The molecule has 20 heavy (non-hydrogen) atoms. The number of likely N-dealkylation sites (tertiary alicyclic amines) is 1. The van der Waals surface area contributed by atoms with Gasteiger partial charge in [-0.15, -0.1) is 0 Å². The lowest BCUT2D eigenvalue weighted by molar-refractivity contribution is 0.100. The fourth-order valence-corrected chi connectivity index (χ4v) is 3.98. The maximum atomic E-state index is 11.1. The Morgan fingerprint density at radius 3 is 2.55 bits per heavy atom. The van der Waals surface area contributed by atoms with Gasteiger partial charge in [0.2, 0.25) is 5.91 Å². The van der Waals surface area contributed by atoms with Crippen LogP contribution >= 0.6 is 0 Å². The van der Waals surface area contributed by atoms with E-state index in [0.717, 1.165) is 12.1 Å². The third-order valence-electron chi connectivity index (χ3n) is 5.14. The molecule has 2 aliphatic rings. The Bertz CT molecular complexity index is 482. The Kier molecular flexibility index (Phi) is 3.79. The average Bonchev–Trinajstić information content (AvgIpc) is 3.07. The SMILES string of the molecule is C[C@H]1CCCN1[C@H]1CC[C@H](c2ccc(C(N)=O)cc2)C1. The van der Waals surface area contributed by atoms with Gasteiger partial charge in [0, 0.05) is 17.6 Å². The molecule has 1 saturated heterocycles. The summed E-state index contributed by atoms with van der Waals surface area (Å²) in [6.45, 7) is 3.64. The van der Waals surface area contributed by atoms with Gasteiger partial charge in [-0.05, 0) is 69.2 Å². The predicted octanol–water partition coefficient (Wildman–Crippen LogP) is 2.91. The molecule has 3 atom stereocenters. The zero-order valence-electron chi connectivity index (χ0n) is 12.2. The van der Waals surface area contributed by atoms with Crippen molar-refractivity contribution in [2.75, 3.05) is 6.54 Å². The highest BCUT2D eigenvalue weighted by Gasteiger charge is 2.34. The average molecular weight is 272 g/mol. The summed E-state index contributed by atoms with van der Waals surface area (Å²) in [7, 11) is 0. The topological polar surface area (TPSA) is 46.3 Å². The van der Waals surface area contributed by atoms with E-state index in [1.807, 2.05) is 12.1 Å². The molecule has 0 spiro atoms. The predicted molar refractivity (Wildman–Crippen MR) is 80.7 cm³/mol. The molecule has 1 saturated carbocycles. The van der Waals surface area contributed by atoms with E-state index in [4.69, 9.17) is 5.73 Å². The Morgan fingerprint density at radius 2 is 1.95 bits per heavy atom. The van der Waals surface area contributed by atoms with Crippen molar-refractivity contribution in [1.29, 1.82) is 0 Å². The summed E-state index contributed by atoms with van der Waals surface area (Å²) in [5.41, 5.74) is 7.26. The molecule has 3 heteroatoms. The van der Waals surface area contributed by atoms with E-state index in [9.17, 15) is 4.79 Å². The van der Waals surface area contributed by atoms with Gasteiger partial charge < -0.3 is 5.73 Å². The number of rotatable bonds is 3. The zero-order chi connectivity index (χ0) is 14.1. The van der Waals surface area contributed by atoms with Crippen LogP contribution < -0.4 is 5.73 Å². The minimum absolute atomic E-state index is 0.341. The van der Waals surface area contributed by atoms with Gasteiger partial charge in [-0.3, -0.25) is 9.69 Å². The molecular weight excluding hydrogens is 248 g/mol. The van der Waals surface area contributed by atoms with E-state index < -0.39 is 0 Å². The molecule has 0 bridgehead atoms. The van der Waals surface area contributed by atoms with Crippen molar-refractivity contribution in [2.45, 2.75) is 57.0 Å². The van der Waals surface area contributed by atoms with Crippen LogP contribution in [0, 0.1) is 0 Å². The molecule has 2 N–H and O–H groups in total. The van der Waals surface area contributed by atoms with E-state index in [2.05, 4.69) is 24.0 Å². The smallest absolute Gasteiger partial charge is 0.248 e. The molecule has 2 fully saturated rings. The van der Waals surface area contributed by atoms with E-state index in [1.165, 1.54) is 44.2 Å².